The third kappa shape index (κ3) is 9.08. The van der Waals surface area contributed by atoms with Crippen LogP contribution in [0.5, 0.6) is 0 Å². The van der Waals surface area contributed by atoms with Crippen LogP contribution in [-0.4, -0.2) is 50.1 Å². The average molecular weight is 337 g/mol. The van der Waals surface area contributed by atoms with Crippen LogP contribution in [0.1, 0.15) is 54.4 Å². The van der Waals surface area contributed by atoms with E-state index in [4.69, 9.17) is 12.7 Å². The first-order chi connectivity index (χ1) is 11.1. The molecule has 1 atom stereocenters. The normalized spacial score (nSPS) is 14.6. The number of carbonyl (C=O) groups is 2. The predicted octanol–water partition coefficient (Wildman–Crippen LogP) is 1.21. The standard InChI is InChI=1S/C17H32BN3O3/c1-7-8-9-17(6,19-12-14(22)21-18)15(23)20-16(4,5)10-11-24-13(2)3/h8-9,13,19H,7,10-12H2,1-6H3,(H,20,23)(H,21,22). The molecule has 2 radical (unpaired) electrons. The molecule has 0 heterocycles. The highest BCUT2D eigenvalue weighted by atomic mass is 16.5. The van der Waals surface area contributed by atoms with Gasteiger partial charge in [-0.05, 0) is 47.5 Å². The monoisotopic (exact) mass is 337 g/mol. The van der Waals surface area contributed by atoms with Gasteiger partial charge in [0.2, 0.25) is 19.8 Å². The minimum absolute atomic E-state index is 0.0502. The first kappa shape index (κ1) is 22.7. The van der Waals surface area contributed by atoms with E-state index in [0.717, 1.165) is 6.42 Å². The Kier molecular flexibility index (Phi) is 9.93. The summed E-state index contributed by atoms with van der Waals surface area (Å²) >= 11 is 0. The van der Waals surface area contributed by atoms with E-state index in [2.05, 4.69) is 10.6 Å². The van der Waals surface area contributed by atoms with Crippen LogP contribution in [0.3, 0.4) is 0 Å². The van der Waals surface area contributed by atoms with Crippen LogP contribution in [-0.2, 0) is 14.3 Å². The molecule has 1 unspecified atom stereocenters. The lowest BCUT2D eigenvalue weighted by Crippen LogP contribution is -2.59. The minimum Gasteiger partial charge on any atom is -0.408 e. The molecule has 0 fully saturated rings. The van der Waals surface area contributed by atoms with E-state index in [1.165, 1.54) is 0 Å². The summed E-state index contributed by atoms with van der Waals surface area (Å²) in [4.78, 5) is 24.1. The van der Waals surface area contributed by atoms with Gasteiger partial charge >= 0.3 is 0 Å². The van der Waals surface area contributed by atoms with E-state index in [9.17, 15) is 9.59 Å². The molecule has 0 saturated heterocycles. The van der Waals surface area contributed by atoms with Gasteiger partial charge in [-0.1, -0.05) is 19.1 Å². The van der Waals surface area contributed by atoms with E-state index >= 15 is 0 Å². The van der Waals surface area contributed by atoms with E-state index in [0.29, 0.717) is 13.0 Å². The van der Waals surface area contributed by atoms with Crippen LogP contribution >= 0.6 is 0 Å². The Morgan fingerprint density at radius 1 is 1.25 bits per heavy atom. The van der Waals surface area contributed by atoms with Crippen molar-refractivity contribution < 1.29 is 14.3 Å². The molecule has 0 bridgehead atoms. The molecule has 0 aliphatic rings. The summed E-state index contributed by atoms with van der Waals surface area (Å²) in [6, 6.07) is 0. The molecule has 2 amide bonds. The highest BCUT2D eigenvalue weighted by Gasteiger charge is 2.33. The molecular weight excluding hydrogens is 305 g/mol. The van der Waals surface area contributed by atoms with Gasteiger partial charge in [-0.15, -0.1) is 0 Å². The predicted molar refractivity (Wildman–Crippen MR) is 97.7 cm³/mol. The van der Waals surface area contributed by atoms with Crippen molar-refractivity contribution in [1.29, 1.82) is 0 Å². The number of rotatable bonds is 11. The van der Waals surface area contributed by atoms with Crippen molar-refractivity contribution in [2.75, 3.05) is 13.2 Å². The van der Waals surface area contributed by atoms with E-state index in [1.807, 2.05) is 45.9 Å². The largest absolute Gasteiger partial charge is 0.408 e. The van der Waals surface area contributed by atoms with Crippen molar-refractivity contribution in [1.82, 2.24) is 15.9 Å². The van der Waals surface area contributed by atoms with Gasteiger partial charge in [0.1, 0.15) is 5.54 Å². The highest BCUT2D eigenvalue weighted by molar-refractivity contribution is 6.14. The Hall–Kier alpha value is -1.34. The van der Waals surface area contributed by atoms with Crippen molar-refractivity contribution in [3.8, 4) is 0 Å². The minimum atomic E-state index is -1.00. The number of ether oxygens (including phenoxy) is 1. The molecule has 0 aliphatic heterocycles. The molecule has 0 aromatic rings. The summed E-state index contributed by atoms with van der Waals surface area (Å²) in [6.45, 7) is 12.1. The molecule has 0 aromatic heterocycles. The van der Waals surface area contributed by atoms with Crippen LogP contribution in [0.15, 0.2) is 12.2 Å². The van der Waals surface area contributed by atoms with Gasteiger partial charge in [0.05, 0.1) is 12.6 Å². The maximum atomic E-state index is 12.8. The summed E-state index contributed by atoms with van der Waals surface area (Å²) in [5, 5.41) is 8.03. The quantitative estimate of drug-likeness (QED) is 0.391. The fourth-order valence-electron chi connectivity index (χ4n) is 1.93. The Balaban J connectivity index is 4.90. The number of hydrogen-bond donors (Lipinski definition) is 3. The van der Waals surface area contributed by atoms with Crippen molar-refractivity contribution in [3.05, 3.63) is 12.2 Å². The summed E-state index contributed by atoms with van der Waals surface area (Å²) in [5.74, 6) is -0.588. The van der Waals surface area contributed by atoms with Crippen LogP contribution in [0.2, 0.25) is 0 Å². The molecule has 0 spiro atoms. The first-order valence-electron chi connectivity index (χ1n) is 8.42. The molecule has 136 valence electrons. The summed E-state index contributed by atoms with van der Waals surface area (Å²) < 4.78 is 5.56. The van der Waals surface area contributed by atoms with Gasteiger partial charge in [-0.3, -0.25) is 14.9 Å². The zero-order chi connectivity index (χ0) is 18.8. The number of allylic oxidation sites excluding steroid dienone is 1. The molecule has 7 heteroatoms. The maximum absolute atomic E-state index is 12.8. The van der Waals surface area contributed by atoms with Crippen molar-refractivity contribution in [3.63, 3.8) is 0 Å². The van der Waals surface area contributed by atoms with Crippen molar-refractivity contribution in [2.24, 2.45) is 0 Å². The molecule has 0 saturated carbocycles. The molecule has 24 heavy (non-hydrogen) atoms. The lowest BCUT2D eigenvalue weighted by molar-refractivity contribution is -0.127. The topological polar surface area (TPSA) is 79.5 Å². The lowest BCUT2D eigenvalue weighted by Gasteiger charge is -2.33. The zero-order valence-electron chi connectivity index (χ0n) is 15.9. The van der Waals surface area contributed by atoms with Gasteiger partial charge in [-0.2, -0.15) is 0 Å². The Bertz CT molecular complexity index is 439. The Morgan fingerprint density at radius 2 is 1.88 bits per heavy atom. The molecule has 0 aromatic carbocycles. The van der Waals surface area contributed by atoms with Crippen molar-refractivity contribution >= 4 is 19.8 Å². The molecule has 3 N–H and O–H groups in total. The maximum Gasteiger partial charge on any atom is 0.244 e. The third-order valence-corrected chi connectivity index (χ3v) is 3.57. The second-order valence-electron chi connectivity index (χ2n) is 6.94. The average Bonchev–Trinajstić information content (AvgIpc) is 2.49. The van der Waals surface area contributed by atoms with Crippen molar-refractivity contribution in [2.45, 2.75) is 71.6 Å². The summed E-state index contributed by atoms with van der Waals surface area (Å²) in [5.41, 5.74) is -1.43. The number of nitrogens with one attached hydrogen (secondary N) is 3. The molecule has 6 nitrogen and oxygen atoms in total. The number of amides is 2. The SMILES string of the molecule is [B]NC(=O)CNC(C)(C=CCC)C(=O)NC(C)(C)CCOC(C)C. The number of hydrogen-bond acceptors (Lipinski definition) is 4. The summed E-state index contributed by atoms with van der Waals surface area (Å²) in [7, 11) is 5.09. The van der Waals surface area contributed by atoms with Gasteiger partial charge in [0.15, 0.2) is 0 Å². The van der Waals surface area contributed by atoms with E-state index in [1.54, 1.807) is 13.0 Å². The molecular formula is C17H32BN3O3. The fourth-order valence-corrected chi connectivity index (χ4v) is 1.93. The molecule has 0 aliphatic carbocycles. The fraction of sp³-hybridized carbons (Fsp3) is 0.765. The van der Waals surface area contributed by atoms with Crippen LogP contribution in [0, 0.1) is 0 Å². The second kappa shape index (κ2) is 10.5. The van der Waals surface area contributed by atoms with Crippen LogP contribution in [0.4, 0.5) is 0 Å². The van der Waals surface area contributed by atoms with E-state index in [-0.39, 0.29) is 24.5 Å². The Morgan fingerprint density at radius 3 is 2.38 bits per heavy atom. The zero-order valence-corrected chi connectivity index (χ0v) is 15.9. The van der Waals surface area contributed by atoms with E-state index < -0.39 is 11.1 Å². The van der Waals surface area contributed by atoms with Gasteiger partial charge < -0.3 is 15.3 Å². The third-order valence-electron chi connectivity index (χ3n) is 3.57. The Labute approximate surface area is 147 Å². The van der Waals surface area contributed by atoms with Gasteiger partial charge in [0.25, 0.3) is 0 Å². The lowest BCUT2D eigenvalue weighted by atomic mass is 9.95. The number of carbonyl (C=O) groups excluding carboxylic acids is 2. The summed E-state index contributed by atoms with van der Waals surface area (Å²) in [6.07, 6.45) is 5.30. The van der Waals surface area contributed by atoms with Gasteiger partial charge in [-0.25, -0.2) is 0 Å². The molecule has 0 rings (SSSR count). The highest BCUT2D eigenvalue weighted by Crippen LogP contribution is 2.14. The van der Waals surface area contributed by atoms with Crippen LogP contribution < -0.4 is 15.9 Å². The smallest absolute Gasteiger partial charge is 0.244 e. The first-order valence-corrected chi connectivity index (χ1v) is 8.42. The van der Waals surface area contributed by atoms with Gasteiger partial charge in [0, 0.05) is 12.1 Å². The van der Waals surface area contributed by atoms with Crippen LogP contribution in [0.25, 0.3) is 0 Å². The second-order valence-corrected chi connectivity index (χ2v) is 6.94.